The Hall–Kier alpha value is -0.990. The van der Waals surface area contributed by atoms with Crippen LogP contribution in [0.25, 0.3) is 0 Å². The van der Waals surface area contributed by atoms with E-state index >= 15 is 0 Å². The minimum atomic E-state index is 0.312. The maximum atomic E-state index is 9.13. The summed E-state index contributed by atoms with van der Waals surface area (Å²) in [6.45, 7) is 1.81. The highest BCUT2D eigenvalue weighted by atomic mass is 16.3. The molecule has 3 heteroatoms. The lowest BCUT2D eigenvalue weighted by atomic mass is 10.5. The van der Waals surface area contributed by atoms with E-state index in [0.29, 0.717) is 11.8 Å². The third kappa shape index (κ3) is 0.781. The fourth-order valence-electron chi connectivity index (χ4n) is 0.998. The summed E-state index contributed by atoms with van der Waals surface area (Å²) >= 11 is 0. The Morgan fingerprint density at radius 1 is 1.70 bits per heavy atom. The third-order valence-corrected chi connectivity index (χ3v) is 1.81. The van der Waals surface area contributed by atoms with Crippen molar-refractivity contribution in [3.05, 3.63) is 11.9 Å². The van der Waals surface area contributed by atoms with Gasteiger partial charge in [-0.2, -0.15) is 5.10 Å². The van der Waals surface area contributed by atoms with Gasteiger partial charge in [0.2, 0.25) is 0 Å². The van der Waals surface area contributed by atoms with E-state index in [4.69, 9.17) is 5.11 Å². The molecule has 1 heterocycles. The van der Waals surface area contributed by atoms with E-state index in [2.05, 4.69) is 5.10 Å². The van der Waals surface area contributed by atoms with Crippen molar-refractivity contribution in [2.45, 2.75) is 25.8 Å². The molecule has 1 aliphatic rings. The normalized spacial score (nSPS) is 17.7. The highest BCUT2D eigenvalue weighted by Crippen LogP contribution is 2.35. The van der Waals surface area contributed by atoms with Crippen molar-refractivity contribution in [3.8, 4) is 5.75 Å². The molecular weight excluding hydrogens is 128 g/mol. The molecule has 1 N–H and O–H groups in total. The minimum absolute atomic E-state index is 0.312. The Morgan fingerprint density at radius 3 is 2.80 bits per heavy atom. The third-order valence-electron chi connectivity index (χ3n) is 1.81. The highest BCUT2D eigenvalue weighted by Gasteiger charge is 2.24. The molecule has 2 rings (SSSR count). The largest absolute Gasteiger partial charge is 0.504 e. The number of hydrogen-bond acceptors (Lipinski definition) is 2. The van der Waals surface area contributed by atoms with Crippen LogP contribution in [0.2, 0.25) is 0 Å². The molecule has 1 saturated carbocycles. The molecule has 1 aliphatic carbocycles. The number of aryl methyl sites for hydroxylation is 1. The van der Waals surface area contributed by atoms with Crippen LogP contribution in [0.1, 0.15) is 24.6 Å². The Labute approximate surface area is 59.3 Å². The molecule has 0 spiro atoms. The average Bonchev–Trinajstić information content (AvgIpc) is 2.64. The number of nitrogens with zero attached hydrogens (tertiary/aromatic N) is 2. The van der Waals surface area contributed by atoms with Crippen molar-refractivity contribution < 1.29 is 5.11 Å². The van der Waals surface area contributed by atoms with Gasteiger partial charge in [-0.05, 0) is 19.8 Å². The first-order valence-electron chi connectivity index (χ1n) is 3.52. The molecular formula is C7H10N2O. The van der Waals surface area contributed by atoms with Crippen LogP contribution in [0.3, 0.4) is 0 Å². The maximum Gasteiger partial charge on any atom is 0.156 e. The monoisotopic (exact) mass is 138 g/mol. The molecule has 0 aliphatic heterocycles. The van der Waals surface area contributed by atoms with Crippen LogP contribution >= 0.6 is 0 Å². The van der Waals surface area contributed by atoms with Gasteiger partial charge in [0.1, 0.15) is 5.69 Å². The van der Waals surface area contributed by atoms with Gasteiger partial charge >= 0.3 is 0 Å². The molecule has 10 heavy (non-hydrogen) atoms. The summed E-state index contributed by atoms with van der Waals surface area (Å²) in [5, 5.41) is 13.3. The Morgan fingerprint density at radius 2 is 2.40 bits per heavy atom. The van der Waals surface area contributed by atoms with Crippen LogP contribution in [0.4, 0.5) is 0 Å². The van der Waals surface area contributed by atoms with Crippen molar-refractivity contribution in [1.82, 2.24) is 9.78 Å². The molecule has 0 aromatic carbocycles. The molecule has 1 aromatic heterocycles. The number of aromatic hydroxyl groups is 1. The van der Waals surface area contributed by atoms with Crippen molar-refractivity contribution in [2.24, 2.45) is 0 Å². The van der Waals surface area contributed by atoms with Crippen LogP contribution in [-0.2, 0) is 0 Å². The van der Waals surface area contributed by atoms with E-state index in [1.807, 2.05) is 11.6 Å². The van der Waals surface area contributed by atoms with Crippen LogP contribution in [0.15, 0.2) is 6.20 Å². The second-order valence-electron chi connectivity index (χ2n) is 2.81. The first-order chi connectivity index (χ1) is 4.77. The summed E-state index contributed by atoms with van der Waals surface area (Å²) in [4.78, 5) is 0. The summed E-state index contributed by atoms with van der Waals surface area (Å²) < 4.78 is 1.85. The SMILES string of the molecule is Cc1nn(C2CC2)cc1O. The van der Waals surface area contributed by atoms with Crippen LogP contribution < -0.4 is 0 Å². The molecule has 0 saturated heterocycles. The van der Waals surface area contributed by atoms with E-state index in [0.717, 1.165) is 5.69 Å². The Balaban J connectivity index is 2.34. The number of aromatic nitrogens is 2. The van der Waals surface area contributed by atoms with Crippen LogP contribution in [0.5, 0.6) is 5.75 Å². The van der Waals surface area contributed by atoms with E-state index in [1.54, 1.807) is 6.20 Å². The van der Waals surface area contributed by atoms with Gasteiger partial charge in [-0.25, -0.2) is 0 Å². The quantitative estimate of drug-likeness (QED) is 0.633. The smallest absolute Gasteiger partial charge is 0.156 e. The van der Waals surface area contributed by atoms with Crippen molar-refractivity contribution in [1.29, 1.82) is 0 Å². The minimum Gasteiger partial charge on any atom is -0.504 e. The van der Waals surface area contributed by atoms with Crippen molar-refractivity contribution in [2.75, 3.05) is 0 Å². The summed E-state index contributed by atoms with van der Waals surface area (Å²) in [6, 6.07) is 0.569. The fraction of sp³-hybridized carbons (Fsp3) is 0.571. The van der Waals surface area contributed by atoms with Gasteiger partial charge in [0.05, 0.1) is 12.2 Å². The predicted octanol–water partition coefficient (Wildman–Crippen LogP) is 1.23. The topological polar surface area (TPSA) is 38.0 Å². The lowest BCUT2D eigenvalue weighted by molar-refractivity contribution is 0.470. The molecule has 0 amide bonds. The standard InChI is InChI=1S/C7H10N2O/c1-5-7(10)4-9(8-5)6-2-3-6/h4,6,10H,2-3H2,1H3. The van der Waals surface area contributed by atoms with Crippen molar-refractivity contribution >= 4 is 0 Å². The van der Waals surface area contributed by atoms with Gasteiger partial charge in [-0.15, -0.1) is 0 Å². The molecule has 0 radical (unpaired) electrons. The Bertz CT molecular complexity index is 231. The Kier molecular flexibility index (Phi) is 1.01. The van der Waals surface area contributed by atoms with Gasteiger partial charge in [0.15, 0.2) is 5.75 Å². The van der Waals surface area contributed by atoms with Gasteiger partial charge < -0.3 is 5.11 Å². The van der Waals surface area contributed by atoms with E-state index in [-0.39, 0.29) is 0 Å². The average molecular weight is 138 g/mol. The van der Waals surface area contributed by atoms with E-state index < -0.39 is 0 Å². The molecule has 0 atom stereocenters. The summed E-state index contributed by atoms with van der Waals surface area (Å²) in [6.07, 6.45) is 4.12. The molecule has 1 aromatic rings. The van der Waals surface area contributed by atoms with Gasteiger partial charge in [0.25, 0.3) is 0 Å². The van der Waals surface area contributed by atoms with Gasteiger partial charge in [0, 0.05) is 0 Å². The number of hydrogen-bond donors (Lipinski definition) is 1. The molecule has 0 bridgehead atoms. The lowest BCUT2D eigenvalue weighted by Crippen LogP contribution is -1.93. The zero-order chi connectivity index (χ0) is 7.14. The van der Waals surface area contributed by atoms with Gasteiger partial charge in [-0.3, -0.25) is 4.68 Å². The zero-order valence-electron chi connectivity index (χ0n) is 5.91. The summed E-state index contributed by atoms with van der Waals surface area (Å²) in [5.41, 5.74) is 0.729. The summed E-state index contributed by atoms with van der Waals surface area (Å²) in [5.74, 6) is 0.312. The second-order valence-corrected chi connectivity index (χ2v) is 2.81. The lowest BCUT2D eigenvalue weighted by Gasteiger charge is -1.91. The molecule has 3 nitrogen and oxygen atoms in total. The van der Waals surface area contributed by atoms with Gasteiger partial charge in [-0.1, -0.05) is 0 Å². The second kappa shape index (κ2) is 1.75. The summed E-state index contributed by atoms with van der Waals surface area (Å²) in [7, 11) is 0. The predicted molar refractivity (Wildman–Crippen MR) is 36.9 cm³/mol. The zero-order valence-corrected chi connectivity index (χ0v) is 5.91. The molecule has 1 fully saturated rings. The van der Waals surface area contributed by atoms with Crippen LogP contribution in [-0.4, -0.2) is 14.9 Å². The first kappa shape index (κ1) is 5.77. The van der Waals surface area contributed by atoms with E-state index in [1.165, 1.54) is 12.8 Å². The molecule has 54 valence electrons. The number of rotatable bonds is 1. The maximum absolute atomic E-state index is 9.13. The first-order valence-corrected chi connectivity index (χ1v) is 3.52. The van der Waals surface area contributed by atoms with Crippen molar-refractivity contribution in [3.63, 3.8) is 0 Å². The molecule has 0 unspecified atom stereocenters. The fourth-order valence-corrected chi connectivity index (χ4v) is 0.998. The van der Waals surface area contributed by atoms with E-state index in [9.17, 15) is 0 Å². The highest BCUT2D eigenvalue weighted by molar-refractivity contribution is 5.21. The van der Waals surface area contributed by atoms with Crippen LogP contribution in [0, 0.1) is 6.92 Å².